The Morgan fingerprint density at radius 2 is 1.91 bits per heavy atom. The maximum atomic E-state index is 13.1. The van der Waals surface area contributed by atoms with Crippen LogP contribution in [0.1, 0.15) is 42.6 Å². The summed E-state index contributed by atoms with van der Waals surface area (Å²) in [6.07, 6.45) is 6.76. The number of amides is 1. The third-order valence-electron chi connectivity index (χ3n) is 6.45. The molecule has 1 aliphatic heterocycles. The van der Waals surface area contributed by atoms with E-state index in [1.54, 1.807) is 0 Å². The number of rotatable bonds is 10. The van der Waals surface area contributed by atoms with Gasteiger partial charge in [0, 0.05) is 24.5 Å². The molecule has 0 bridgehead atoms. The van der Waals surface area contributed by atoms with E-state index in [0.717, 1.165) is 55.6 Å². The molecular formula is C24H28FN3O5S. The normalized spacial score (nSPS) is 18.8. The summed E-state index contributed by atoms with van der Waals surface area (Å²) in [5.41, 5.74) is 3.56. The van der Waals surface area contributed by atoms with Gasteiger partial charge in [-0.1, -0.05) is 6.07 Å². The molecule has 10 heteroatoms. The van der Waals surface area contributed by atoms with Gasteiger partial charge in [0.25, 0.3) is 0 Å². The van der Waals surface area contributed by atoms with Crippen LogP contribution < -0.4 is 4.72 Å². The Labute approximate surface area is 198 Å². The predicted octanol–water partition coefficient (Wildman–Crippen LogP) is 2.31. The fraction of sp³-hybridized carbons (Fsp3) is 0.458. The highest BCUT2D eigenvalue weighted by atomic mass is 32.2. The number of halogens is 1. The summed E-state index contributed by atoms with van der Waals surface area (Å²) in [6, 6.07) is 6.79. The van der Waals surface area contributed by atoms with Gasteiger partial charge in [0.1, 0.15) is 11.9 Å². The van der Waals surface area contributed by atoms with Gasteiger partial charge in [0.2, 0.25) is 15.9 Å². The van der Waals surface area contributed by atoms with E-state index in [1.807, 2.05) is 0 Å². The zero-order valence-corrected chi connectivity index (χ0v) is 19.6. The molecule has 2 heterocycles. The summed E-state index contributed by atoms with van der Waals surface area (Å²) in [5, 5.41) is 9.47. The lowest BCUT2D eigenvalue weighted by atomic mass is 9.91. The Hall–Kier alpha value is -2.85. The minimum Gasteiger partial charge on any atom is -0.480 e. The number of hydrogen-bond acceptors (Lipinski definition) is 5. The predicted molar refractivity (Wildman–Crippen MR) is 122 cm³/mol. The Morgan fingerprint density at radius 1 is 1.18 bits per heavy atom. The number of aromatic nitrogens is 1. The average molecular weight is 490 g/mol. The van der Waals surface area contributed by atoms with Gasteiger partial charge in [-0.3, -0.25) is 14.6 Å². The summed E-state index contributed by atoms with van der Waals surface area (Å²) in [7, 11) is -4.18. The highest BCUT2D eigenvalue weighted by Gasteiger charge is 2.39. The lowest BCUT2D eigenvalue weighted by Crippen LogP contribution is -2.58. The molecule has 182 valence electrons. The standard InChI is InChI=1S/C24H28FN3O5S/c25-18-9-12-20(13-10-18)34(32,33)27-22(24(30)31)15-28-14-17(23(28)29)5-3-6-19-11-8-16-4-1-2-7-21(16)26-19/h8-13,17,22,27H,1-7,14-15H2,(H,30,31)/t17?,22-/m0/s1. The highest BCUT2D eigenvalue weighted by molar-refractivity contribution is 7.89. The molecule has 0 saturated carbocycles. The number of nitrogens with one attached hydrogen (secondary N) is 1. The van der Waals surface area contributed by atoms with Gasteiger partial charge >= 0.3 is 5.97 Å². The van der Waals surface area contributed by atoms with Crippen LogP contribution in [0, 0.1) is 11.7 Å². The number of carboxylic acid groups (broad SMARTS) is 1. The van der Waals surface area contributed by atoms with Crippen molar-refractivity contribution >= 4 is 21.9 Å². The molecule has 1 fully saturated rings. The van der Waals surface area contributed by atoms with Gasteiger partial charge in [0.15, 0.2) is 0 Å². The molecule has 2 atom stereocenters. The number of fused-ring (bicyclic) bond motifs is 1. The van der Waals surface area contributed by atoms with Crippen LogP contribution in [-0.2, 0) is 38.9 Å². The molecule has 1 amide bonds. The van der Waals surface area contributed by atoms with E-state index in [-0.39, 0.29) is 23.3 Å². The third kappa shape index (κ3) is 5.61. The van der Waals surface area contributed by atoms with Crippen LogP contribution >= 0.6 is 0 Å². The molecule has 1 unspecified atom stereocenters. The largest absolute Gasteiger partial charge is 0.480 e. The number of carboxylic acids is 1. The van der Waals surface area contributed by atoms with E-state index in [2.05, 4.69) is 16.9 Å². The Morgan fingerprint density at radius 3 is 2.62 bits per heavy atom. The van der Waals surface area contributed by atoms with E-state index in [0.29, 0.717) is 13.0 Å². The van der Waals surface area contributed by atoms with Crippen molar-refractivity contribution in [2.75, 3.05) is 13.1 Å². The van der Waals surface area contributed by atoms with E-state index in [9.17, 15) is 27.5 Å². The molecule has 1 aliphatic carbocycles. The molecule has 0 radical (unpaired) electrons. The number of β-lactam (4-membered cyclic amide) rings is 1. The highest BCUT2D eigenvalue weighted by Crippen LogP contribution is 2.25. The number of nitrogens with zero attached hydrogens (tertiary/aromatic N) is 2. The Bertz CT molecular complexity index is 1170. The lowest BCUT2D eigenvalue weighted by molar-refractivity contribution is -0.150. The van der Waals surface area contributed by atoms with E-state index >= 15 is 0 Å². The molecule has 34 heavy (non-hydrogen) atoms. The molecule has 4 rings (SSSR count). The van der Waals surface area contributed by atoms with Crippen LogP contribution in [0.2, 0.25) is 0 Å². The summed E-state index contributed by atoms with van der Waals surface area (Å²) >= 11 is 0. The number of benzene rings is 1. The fourth-order valence-electron chi connectivity index (χ4n) is 4.51. The fourth-order valence-corrected chi connectivity index (χ4v) is 5.69. The third-order valence-corrected chi connectivity index (χ3v) is 7.93. The van der Waals surface area contributed by atoms with Crippen molar-refractivity contribution < 1.29 is 27.5 Å². The van der Waals surface area contributed by atoms with Gasteiger partial charge in [-0.15, -0.1) is 0 Å². The molecule has 2 aromatic rings. The number of pyridine rings is 1. The van der Waals surface area contributed by atoms with Crippen molar-refractivity contribution in [2.45, 2.75) is 55.9 Å². The SMILES string of the molecule is O=C(O)[C@H](CN1CC(CCCc2ccc3c(n2)CCCC3)C1=O)NS(=O)(=O)c1ccc(F)cc1. The summed E-state index contributed by atoms with van der Waals surface area (Å²) in [5.74, 6) is -2.36. The smallest absolute Gasteiger partial charge is 0.323 e. The zero-order valence-electron chi connectivity index (χ0n) is 18.7. The number of hydrogen-bond donors (Lipinski definition) is 2. The molecule has 1 saturated heterocycles. The molecule has 1 aromatic heterocycles. The van der Waals surface area contributed by atoms with Gasteiger partial charge in [0.05, 0.1) is 10.8 Å². The van der Waals surface area contributed by atoms with Crippen LogP contribution in [0.4, 0.5) is 4.39 Å². The summed E-state index contributed by atoms with van der Waals surface area (Å²) in [6.45, 7) is 0.121. The maximum absolute atomic E-state index is 13.1. The van der Waals surface area contributed by atoms with Gasteiger partial charge < -0.3 is 10.0 Å². The Balaban J connectivity index is 1.26. The second kappa shape index (κ2) is 10.2. The molecule has 2 N–H and O–H groups in total. The van der Waals surface area contributed by atoms with Gasteiger partial charge in [-0.25, -0.2) is 12.8 Å². The molecule has 8 nitrogen and oxygen atoms in total. The zero-order chi connectivity index (χ0) is 24.3. The molecule has 2 aliphatic rings. The van der Waals surface area contributed by atoms with Crippen LogP contribution in [0.25, 0.3) is 0 Å². The first-order valence-corrected chi connectivity index (χ1v) is 13.0. The molecular weight excluding hydrogens is 461 g/mol. The van der Waals surface area contributed by atoms with Crippen molar-refractivity contribution in [3.8, 4) is 0 Å². The number of carbonyl (C=O) groups is 2. The molecule has 1 aromatic carbocycles. The second-order valence-electron chi connectivity index (χ2n) is 8.91. The van der Waals surface area contributed by atoms with Crippen molar-refractivity contribution in [1.29, 1.82) is 0 Å². The number of likely N-dealkylation sites (tertiary alicyclic amines) is 1. The van der Waals surface area contributed by atoms with E-state index in [1.165, 1.54) is 29.0 Å². The number of sulfonamides is 1. The Kier molecular flexibility index (Phi) is 7.27. The number of aliphatic carboxylic acids is 1. The van der Waals surface area contributed by atoms with Crippen LogP contribution in [0.3, 0.4) is 0 Å². The van der Waals surface area contributed by atoms with Crippen LogP contribution in [0.5, 0.6) is 0 Å². The number of carbonyl (C=O) groups excluding carboxylic acids is 1. The lowest BCUT2D eigenvalue weighted by Gasteiger charge is -2.40. The maximum Gasteiger partial charge on any atom is 0.323 e. The van der Waals surface area contributed by atoms with Crippen molar-refractivity contribution in [1.82, 2.24) is 14.6 Å². The topological polar surface area (TPSA) is 117 Å². The minimum atomic E-state index is -4.18. The van der Waals surface area contributed by atoms with E-state index in [4.69, 9.17) is 4.98 Å². The first-order valence-electron chi connectivity index (χ1n) is 11.5. The van der Waals surface area contributed by atoms with Crippen molar-refractivity contribution in [3.05, 3.63) is 59.2 Å². The van der Waals surface area contributed by atoms with Gasteiger partial charge in [-0.2, -0.15) is 4.72 Å². The van der Waals surface area contributed by atoms with Crippen LogP contribution in [-0.4, -0.2) is 54.4 Å². The monoisotopic (exact) mass is 489 g/mol. The molecule has 0 spiro atoms. The van der Waals surface area contributed by atoms with Crippen molar-refractivity contribution in [2.24, 2.45) is 5.92 Å². The summed E-state index contributed by atoms with van der Waals surface area (Å²) < 4.78 is 40.1. The first kappa shape index (κ1) is 24.3. The number of aryl methyl sites for hydroxylation is 3. The first-order chi connectivity index (χ1) is 16.2. The van der Waals surface area contributed by atoms with Crippen LogP contribution in [0.15, 0.2) is 41.3 Å². The quantitative estimate of drug-likeness (QED) is 0.495. The van der Waals surface area contributed by atoms with Crippen molar-refractivity contribution in [3.63, 3.8) is 0 Å². The second-order valence-corrected chi connectivity index (χ2v) is 10.6. The van der Waals surface area contributed by atoms with E-state index < -0.39 is 27.9 Å². The minimum absolute atomic E-state index is 0.175. The average Bonchev–Trinajstić information content (AvgIpc) is 2.82. The van der Waals surface area contributed by atoms with Gasteiger partial charge in [-0.05, 0) is 80.8 Å². The summed E-state index contributed by atoms with van der Waals surface area (Å²) in [4.78, 5) is 30.0.